The van der Waals surface area contributed by atoms with Crippen molar-refractivity contribution in [3.8, 4) is 0 Å². The van der Waals surface area contributed by atoms with Gasteiger partial charge in [-0.05, 0) is 12.7 Å². The van der Waals surface area contributed by atoms with Crippen molar-refractivity contribution in [2.75, 3.05) is 12.8 Å². The third-order valence-corrected chi connectivity index (χ3v) is 3.09. The first-order valence-corrected chi connectivity index (χ1v) is 7.12. The molecule has 0 bridgehead atoms. The molecule has 0 aromatic heterocycles. The molecule has 0 aromatic rings. The lowest BCUT2D eigenvalue weighted by atomic mass is 10.2. The molecule has 18 heavy (non-hydrogen) atoms. The van der Waals surface area contributed by atoms with Gasteiger partial charge >= 0.3 is 11.9 Å². The van der Waals surface area contributed by atoms with Crippen LogP contribution in [0.4, 0.5) is 0 Å². The Kier molecular flexibility index (Phi) is 5.07. The Balaban J connectivity index is 2.89. The monoisotopic (exact) mass is 273 g/mol. The summed E-state index contributed by atoms with van der Waals surface area (Å²) in [4.78, 5) is 23.6. The highest BCUT2D eigenvalue weighted by Gasteiger charge is 2.40. The molecule has 1 N–H and O–H groups in total. The van der Waals surface area contributed by atoms with Crippen LogP contribution in [0.2, 0.25) is 0 Å². The Hall–Kier alpha value is -1.17. The largest absolute Gasteiger partial charge is 0.419 e. The molecule has 0 unspecified atom stereocenters. The third kappa shape index (κ3) is 3.66. The Labute approximate surface area is 111 Å². The fourth-order valence-corrected chi connectivity index (χ4v) is 2.10. The molecule has 0 atom stereocenters. The Bertz CT molecular complexity index is 354. The topological polar surface area (TPSA) is 64.6 Å². The van der Waals surface area contributed by atoms with Gasteiger partial charge in [0.1, 0.15) is 0 Å². The van der Waals surface area contributed by atoms with E-state index in [0.717, 1.165) is 12.8 Å². The van der Waals surface area contributed by atoms with Crippen LogP contribution in [-0.4, -0.2) is 30.5 Å². The zero-order valence-electron chi connectivity index (χ0n) is 11.2. The Morgan fingerprint density at radius 1 is 1.28 bits per heavy atom. The summed E-state index contributed by atoms with van der Waals surface area (Å²) in [6.07, 6.45) is 3.79. The minimum absolute atomic E-state index is 0.0436. The highest BCUT2D eigenvalue weighted by molar-refractivity contribution is 8.02. The Morgan fingerprint density at radius 2 is 1.83 bits per heavy atom. The van der Waals surface area contributed by atoms with Gasteiger partial charge in [-0.15, -0.1) is 11.8 Å². The molecule has 1 saturated heterocycles. The van der Waals surface area contributed by atoms with Crippen LogP contribution in [0.15, 0.2) is 10.6 Å². The lowest BCUT2D eigenvalue weighted by molar-refractivity contribution is -0.222. The number of cyclic esters (lactones) is 2. The number of carbonyl (C=O) groups is 2. The van der Waals surface area contributed by atoms with Crippen molar-refractivity contribution in [2.24, 2.45) is 0 Å². The summed E-state index contributed by atoms with van der Waals surface area (Å²) in [5.41, 5.74) is -0.0436. The fraction of sp³-hybridized carbons (Fsp3) is 0.667. The van der Waals surface area contributed by atoms with Crippen molar-refractivity contribution in [1.82, 2.24) is 5.32 Å². The first kappa shape index (κ1) is 14.9. The van der Waals surface area contributed by atoms with Gasteiger partial charge in [0.25, 0.3) is 5.79 Å². The maximum atomic E-state index is 11.8. The maximum Gasteiger partial charge on any atom is 0.351 e. The Morgan fingerprint density at radius 3 is 2.28 bits per heavy atom. The molecule has 1 aliphatic rings. The number of hydrogen-bond donors (Lipinski definition) is 1. The van der Waals surface area contributed by atoms with Crippen LogP contribution in [0.3, 0.4) is 0 Å². The molecular weight excluding hydrogens is 254 g/mol. The number of carbonyl (C=O) groups excluding carboxylic acids is 2. The van der Waals surface area contributed by atoms with E-state index in [1.165, 1.54) is 25.6 Å². The van der Waals surface area contributed by atoms with Crippen molar-refractivity contribution in [1.29, 1.82) is 0 Å². The molecule has 1 heterocycles. The quantitative estimate of drug-likeness (QED) is 0.356. The standard InChI is InChI=1S/C12H19NO4S/c1-5-6-7-13-9(18-4)8-10(14)16-12(2,3)17-11(8)15/h13H,5-7H2,1-4H3. The summed E-state index contributed by atoms with van der Waals surface area (Å²) in [7, 11) is 0. The molecule has 102 valence electrons. The van der Waals surface area contributed by atoms with E-state index in [2.05, 4.69) is 12.2 Å². The van der Waals surface area contributed by atoms with Gasteiger partial charge in [0.2, 0.25) is 0 Å². The minimum atomic E-state index is -1.19. The molecule has 5 nitrogen and oxygen atoms in total. The number of rotatable bonds is 5. The van der Waals surface area contributed by atoms with Crippen LogP contribution in [0.25, 0.3) is 0 Å². The number of esters is 2. The summed E-state index contributed by atoms with van der Waals surface area (Å²) >= 11 is 1.30. The molecular formula is C12H19NO4S. The first-order chi connectivity index (χ1) is 8.41. The number of thioether (sulfide) groups is 1. The second kappa shape index (κ2) is 6.13. The smallest absolute Gasteiger partial charge is 0.351 e. The lowest BCUT2D eigenvalue weighted by Crippen LogP contribution is -2.43. The van der Waals surface area contributed by atoms with Gasteiger partial charge in [0.15, 0.2) is 5.57 Å². The van der Waals surface area contributed by atoms with Gasteiger partial charge in [-0.25, -0.2) is 9.59 Å². The van der Waals surface area contributed by atoms with E-state index in [-0.39, 0.29) is 5.57 Å². The predicted molar refractivity (Wildman–Crippen MR) is 69.7 cm³/mol. The maximum absolute atomic E-state index is 11.8. The number of nitrogens with one attached hydrogen (secondary N) is 1. The number of unbranched alkanes of at least 4 members (excludes halogenated alkanes) is 1. The molecule has 6 heteroatoms. The highest BCUT2D eigenvalue weighted by atomic mass is 32.2. The van der Waals surface area contributed by atoms with Crippen molar-refractivity contribution < 1.29 is 19.1 Å². The number of ether oxygens (including phenoxy) is 2. The van der Waals surface area contributed by atoms with Gasteiger partial charge in [0, 0.05) is 20.4 Å². The van der Waals surface area contributed by atoms with Crippen LogP contribution in [0.1, 0.15) is 33.6 Å². The zero-order valence-corrected chi connectivity index (χ0v) is 12.0. The average Bonchev–Trinajstić information content (AvgIpc) is 2.24. The van der Waals surface area contributed by atoms with Crippen LogP contribution < -0.4 is 5.32 Å². The van der Waals surface area contributed by atoms with E-state index in [9.17, 15) is 9.59 Å². The zero-order chi connectivity index (χ0) is 13.8. The molecule has 0 saturated carbocycles. The normalized spacial score (nSPS) is 18.1. The lowest BCUT2D eigenvalue weighted by Gasteiger charge is -2.30. The molecule has 0 radical (unpaired) electrons. The van der Waals surface area contributed by atoms with Crippen molar-refractivity contribution in [3.63, 3.8) is 0 Å². The predicted octanol–water partition coefficient (Wildman–Crippen LogP) is 1.79. The third-order valence-electron chi connectivity index (χ3n) is 2.33. The van der Waals surface area contributed by atoms with Gasteiger partial charge in [-0.2, -0.15) is 0 Å². The van der Waals surface area contributed by atoms with Gasteiger partial charge in [-0.3, -0.25) is 0 Å². The van der Waals surface area contributed by atoms with Crippen LogP contribution in [0, 0.1) is 0 Å². The molecule has 1 rings (SSSR count). The average molecular weight is 273 g/mol. The van der Waals surface area contributed by atoms with E-state index >= 15 is 0 Å². The molecule has 0 aromatic carbocycles. The summed E-state index contributed by atoms with van der Waals surface area (Å²) in [6.45, 7) is 5.84. The van der Waals surface area contributed by atoms with Gasteiger partial charge in [0.05, 0.1) is 5.03 Å². The molecule has 0 amide bonds. The van der Waals surface area contributed by atoms with Crippen molar-refractivity contribution in [2.45, 2.75) is 39.4 Å². The second-order valence-corrected chi connectivity index (χ2v) is 5.18. The van der Waals surface area contributed by atoms with Crippen LogP contribution >= 0.6 is 11.8 Å². The van der Waals surface area contributed by atoms with Crippen molar-refractivity contribution >= 4 is 23.7 Å². The molecule has 1 fully saturated rings. The fourth-order valence-electron chi connectivity index (χ4n) is 1.48. The van der Waals surface area contributed by atoms with E-state index in [1.807, 2.05) is 0 Å². The summed E-state index contributed by atoms with van der Waals surface area (Å²) in [6, 6.07) is 0. The SMILES string of the molecule is CCCCNC(SC)=C1C(=O)OC(C)(C)OC1=O. The van der Waals surface area contributed by atoms with Crippen molar-refractivity contribution in [3.05, 3.63) is 10.6 Å². The molecule has 1 aliphatic heterocycles. The first-order valence-electron chi connectivity index (χ1n) is 5.90. The molecule has 0 aliphatic carbocycles. The van der Waals surface area contributed by atoms with Crippen LogP contribution in [-0.2, 0) is 19.1 Å². The van der Waals surface area contributed by atoms with Gasteiger partial charge in [-0.1, -0.05) is 13.3 Å². The van der Waals surface area contributed by atoms with E-state index in [4.69, 9.17) is 9.47 Å². The van der Waals surface area contributed by atoms with E-state index in [1.54, 1.807) is 6.26 Å². The number of hydrogen-bond acceptors (Lipinski definition) is 6. The van der Waals surface area contributed by atoms with E-state index < -0.39 is 17.7 Å². The molecule has 0 spiro atoms. The van der Waals surface area contributed by atoms with Crippen LogP contribution in [0.5, 0.6) is 0 Å². The second-order valence-electron chi connectivity index (χ2n) is 4.37. The van der Waals surface area contributed by atoms with Gasteiger partial charge < -0.3 is 14.8 Å². The summed E-state index contributed by atoms with van der Waals surface area (Å²) in [5.74, 6) is -2.46. The summed E-state index contributed by atoms with van der Waals surface area (Å²) < 4.78 is 10.1. The highest BCUT2D eigenvalue weighted by Crippen LogP contribution is 2.26. The minimum Gasteiger partial charge on any atom is -0.419 e. The van der Waals surface area contributed by atoms with E-state index in [0.29, 0.717) is 11.6 Å². The summed E-state index contributed by atoms with van der Waals surface area (Å²) in [5, 5.41) is 3.58.